The van der Waals surface area contributed by atoms with Crippen molar-refractivity contribution >= 4 is 5.91 Å². The number of hydrogen-bond donors (Lipinski definition) is 1. The van der Waals surface area contributed by atoms with Crippen LogP contribution in [0.1, 0.15) is 57.1 Å². The van der Waals surface area contributed by atoms with Gasteiger partial charge in [0.2, 0.25) is 5.91 Å². The van der Waals surface area contributed by atoms with E-state index in [2.05, 4.69) is 5.32 Å². The Morgan fingerprint density at radius 1 is 1.18 bits per heavy atom. The number of amides is 1. The Morgan fingerprint density at radius 3 is 2.68 bits per heavy atom. The normalized spacial score (nSPS) is 19.5. The fourth-order valence-electron chi connectivity index (χ4n) is 3.37. The summed E-state index contributed by atoms with van der Waals surface area (Å²) in [5.74, 6) is 2.29. The van der Waals surface area contributed by atoms with Crippen LogP contribution < -0.4 is 14.8 Å². The Hall–Kier alpha value is -1.71. The molecule has 1 aromatic carbocycles. The highest BCUT2D eigenvalue weighted by Crippen LogP contribution is 2.32. The van der Waals surface area contributed by atoms with E-state index < -0.39 is 0 Å². The molecule has 1 heterocycles. The van der Waals surface area contributed by atoms with Gasteiger partial charge in [-0.1, -0.05) is 25.3 Å². The van der Waals surface area contributed by atoms with Gasteiger partial charge < -0.3 is 14.8 Å². The lowest BCUT2D eigenvalue weighted by Crippen LogP contribution is -2.29. The molecular weight excluding hydrogens is 278 g/mol. The third-order valence-corrected chi connectivity index (χ3v) is 4.64. The maximum Gasteiger partial charge on any atom is 0.220 e. The molecule has 0 saturated heterocycles. The fourth-order valence-corrected chi connectivity index (χ4v) is 3.37. The zero-order valence-corrected chi connectivity index (χ0v) is 13.3. The van der Waals surface area contributed by atoms with Crippen LogP contribution in [-0.2, 0) is 4.79 Å². The van der Waals surface area contributed by atoms with Crippen LogP contribution in [0.25, 0.3) is 0 Å². The molecule has 22 heavy (non-hydrogen) atoms. The molecule has 0 radical (unpaired) electrons. The average Bonchev–Trinajstić information content (AvgIpc) is 2.55. The van der Waals surface area contributed by atoms with Crippen molar-refractivity contribution in [3.05, 3.63) is 23.8 Å². The quantitative estimate of drug-likeness (QED) is 0.924. The highest BCUT2D eigenvalue weighted by atomic mass is 16.6. The van der Waals surface area contributed by atoms with Gasteiger partial charge in [0.1, 0.15) is 13.2 Å². The van der Waals surface area contributed by atoms with Gasteiger partial charge in [0.15, 0.2) is 11.5 Å². The number of ether oxygens (including phenoxy) is 2. The molecule has 0 aromatic heterocycles. The summed E-state index contributed by atoms with van der Waals surface area (Å²) in [5.41, 5.74) is 1.06. The van der Waals surface area contributed by atoms with Gasteiger partial charge in [-0.05, 0) is 43.4 Å². The van der Waals surface area contributed by atoms with E-state index in [1.807, 2.05) is 25.1 Å². The fraction of sp³-hybridized carbons (Fsp3) is 0.611. The largest absolute Gasteiger partial charge is 0.486 e. The summed E-state index contributed by atoms with van der Waals surface area (Å²) in [6, 6.07) is 5.89. The Morgan fingerprint density at radius 2 is 1.91 bits per heavy atom. The minimum Gasteiger partial charge on any atom is -0.486 e. The summed E-state index contributed by atoms with van der Waals surface area (Å²) in [6.07, 6.45) is 6.93. The predicted molar refractivity (Wildman–Crippen MR) is 85.2 cm³/mol. The topological polar surface area (TPSA) is 47.6 Å². The van der Waals surface area contributed by atoms with E-state index in [0.29, 0.717) is 25.6 Å². The summed E-state index contributed by atoms with van der Waals surface area (Å²) >= 11 is 0. The maximum atomic E-state index is 12.2. The van der Waals surface area contributed by atoms with E-state index in [9.17, 15) is 4.79 Å². The smallest absolute Gasteiger partial charge is 0.220 e. The average molecular weight is 303 g/mol. The molecule has 0 bridgehead atoms. The number of nitrogens with one attached hydrogen (secondary N) is 1. The van der Waals surface area contributed by atoms with Crippen molar-refractivity contribution in [2.24, 2.45) is 5.92 Å². The number of carbonyl (C=O) groups excluding carboxylic acids is 1. The summed E-state index contributed by atoms with van der Waals surface area (Å²) in [7, 11) is 0. The summed E-state index contributed by atoms with van der Waals surface area (Å²) < 4.78 is 11.1. The maximum absolute atomic E-state index is 12.2. The van der Waals surface area contributed by atoms with Gasteiger partial charge in [-0.3, -0.25) is 4.79 Å². The van der Waals surface area contributed by atoms with E-state index in [4.69, 9.17) is 9.47 Å². The molecule has 4 heteroatoms. The van der Waals surface area contributed by atoms with E-state index in [-0.39, 0.29) is 11.9 Å². The Bertz CT molecular complexity index is 523. The van der Waals surface area contributed by atoms with E-state index in [0.717, 1.165) is 17.1 Å². The zero-order valence-electron chi connectivity index (χ0n) is 13.3. The molecule has 1 aromatic rings. The second kappa shape index (κ2) is 7.03. The molecule has 1 atom stereocenters. The minimum atomic E-state index is -0.00748. The van der Waals surface area contributed by atoms with Crippen LogP contribution in [0.3, 0.4) is 0 Å². The van der Waals surface area contributed by atoms with Crippen molar-refractivity contribution in [3.8, 4) is 11.5 Å². The lowest BCUT2D eigenvalue weighted by atomic mass is 9.87. The molecule has 1 unspecified atom stereocenters. The lowest BCUT2D eigenvalue weighted by molar-refractivity contribution is -0.122. The Labute approximate surface area is 132 Å². The Kier molecular flexibility index (Phi) is 4.86. The number of hydrogen-bond acceptors (Lipinski definition) is 3. The van der Waals surface area contributed by atoms with Gasteiger partial charge >= 0.3 is 0 Å². The molecule has 1 amide bonds. The van der Waals surface area contributed by atoms with Crippen LogP contribution in [0.15, 0.2) is 18.2 Å². The van der Waals surface area contributed by atoms with Crippen LogP contribution in [-0.4, -0.2) is 19.1 Å². The van der Waals surface area contributed by atoms with Crippen molar-refractivity contribution < 1.29 is 14.3 Å². The molecule has 1 N–H and O–H groups in total. The van der Waals surface area contributed by atoms with Gasteiger partial charge in [0.25, 0.3) is 0 Å². The summed E-state index contributed by atoms with van der Waals surface area (Å²) in [6.45, 7) is 3.20. The molecule has 1 saturated carbocycles. The van der Waals surface area contributed by atoms with Crippen LogP contribution in [0.5, 0.6) is 11.5 Å². The molecular formula is C18H25NO3. The van der Waals surface area contributed by atoms with Crippen molar-refractivity contribution in [2.45, 2.75) is 51.5 Å². The minimum absolute atomic E-state index is 0.00748. The molecule has 3 rings (SSSR count). The molecule has 120 valence electrons. The Balaban J connectivity index is 1.56. The van der Waals surface area contributed by atoms with E-state index in [1.54, 1.807) is 0 Å². The third-order valence-electron chi connectivity index (χ3n) is 4.64. The second-order valence-electron chi connectivity index (χ2n) is 6.40. The lowest BCUT2D eigenvalue weighted by Gasteiger charge is -2.23. The van der Waals surface area contributed by atoms with Gasteiger partial charge in [-0.25, -0.2) is 0 Å². The molecule has 4 nitrogen and oxygen atoms in total. The first-order valence-electron chi connectivity index (χ1n) is 8.41. The number of fused-ring (bicyclic) bond motifs is 1. The summed E-state index contributed by atoms with van der Waals surface area (Å²) in [4.78, 5) is 12.2. The van der Waals surface area contributed by atoms with Crippen molar-refractivity contribution in [2.75, 3.05) is 13.2 Å². The monoisotopic (exact) mass is 303 g/mol. The number of rotatable bonds is 4. The molecule has 2 aliphatic rings. The van der Waals surface area contributed by atoms with Crippen LogP contribution >= 0.6 is 0 Å². The van der Waals surface area contributed by atoms with Crippen molar-refractivity contribution in [1.29, 1.82) is 0 Å². The summed E-state index contributed by atoms with van der Waals surface area (Å²) in [5, 5.41) is 3.11. The van der Waals surface area contributed by atoms with E-state index >= 15 is 0 Å². The molecule has 1 aliphatic heterocycles. The molecule has 0 spiro atoms. The first-order chi connectivity index (χ1) is 10.7. The van der Waals surface area contributed by atoms with Gasteiger partial charge in [0, 0.05) is 6.42 Å². The zero-order chi connectivity index (χ0) is 15.4. The highest BCUT2D eigenvalue weighted by molar-refractivity contribution is 5.76. The first-order valence-corrected chi connectivity index (χ1v) is 8.41. The predicted octanol–water partition coefficient (Wildman–Crippen LogP) is 3.61. The van der Waals surface area contributed by atoms with E-state index in [1.165, 1.54) is 32.1 Å². The van der Waals surface area contributed by atoms with Gasteiger partial charge in [0.05, 0.1) is 6.04 Å². The van der Waals surface area contributed by atoms with Crippen LogP contribution in [0.2, 0.25) is 0 Å². The third kappa shape index (κ3) is 3.73. The number of carbonyl (C=O) groups is 1. The SMILES string of the molecule is CC(NC(=O)CC1CCCCC1)c1ccc2c(c1)OCCO2. The number of benzene rings is 1. The second-order valence-corrected chi connectivity index (χ2v) is 6.40. The van der Waals surface area contributed by atoms with Gasteiger partial charge in [-0.15, -0.1) is 0 Å². The molecule has 1 aliphatic carbocycles. The standard InChI is InChI=1S/C18H25NO3/c1-13(19-18(20)11-14-5-3-2-4-6-14)15-7-8-16-17(12-15)22-10-9-21-16/h7-8,12-14H,2-6,9-11H2,1H3,(H,19,20). The highest BCUT2D eigenvalue weighted by Gasteiger charge is 2.19. The molecule has 1 fully saturated rings. The van der Waals surface area contributed by atoms with Crippen LogP contribution in [0.4, 0.5) is 0 Å². The van der Waals surface area contributed by atoms with Crippen LogP contribution in [0, 0.1) is 5.92 Å². The van der Waals surface area contributed by atoms with Crippen molar-refractivity contribution in [1.82, 2.24) is 5.32 Å². The van der Waals surface area contributed by atoms with Crippen molar-refractivity contribution in [3.63, 3.8) is 0 Å². The first kappa shape index (κ1) is 15.2. The van der Waals surface area contributed by atoms with Gasteiger partial charge in [-0.2, -0.15) is 0 Å².